The largest absolute Gasteiger partial charge is 0.495 e. The topological polar surface area (TPSA) is 79.2 Å². The van der Waals surface area contributed by atoms with Crippen molar-refractivity contribution in [1.82, 2.24) is 4.90 Å². The summed E-state index contributed by atoms with van der Waals surface area (Å²) < 4.78 is 11.1. The molecule has 0 aromatic rings. The first-order valence-electron chi connectivity index (χ1n) is 8.34. The molecule has 0 bridgehead atoms. The number of rotatable bonds is 2. The zero-order valence-corrected chi connectivity index (χ0v) is 15.2. The van der Waals surface area contributed by atoms with Crippen molar-refractivity contribution in [2.45, 2.75) is 30.6 Å². The third-order valence-corrected chi connectivity index (χ3v) is 7.17. The second kappa shape index (κ2) is 5.10. The number of ether oxygens (including phenoxy) is 2. The van der Waals surface area contributed by atoms with Crippen LogP contribution in [0.4, 0.5) is 0 Å². The third kappa shape index (κ3) is 1.56. The van der Waals surface area contributed by atoms with Gasteiger partial charge in [-0.25, -0.2) is 0 Å². The number of hydrogen-bond acceptors (Lipinski definition) is 6. The van der Waals surface area contributed by atoms with Gasteiger partial charge < -0.3 is 19.7 Å². The summed E-state index contributed by atoms with van der Waals surface area (Å²) in [5, 5.41) is 21.5. The van der Waals surface area contributed by atoms with Crippen LogP contribution in [0.5, 0.6) is 0 Å². The van der Waals surface area contributed by atoms with Gasteiger partial charge in [-0.1, -0.05) is 23.8 Å². The Kier molecular flexibility index (Phi) is 3.49. The Bertz CT molecular complexity index is 746. The van der Waals surface area contributed by atoms with E-state index in [9.17, 15) is 15.0 Å². The zero-order chi connectivity index (χ0) is 18.2. The SMILES string of the molecule is COC1=C(OC)[C@]23C=C(Cl)C4(C=C[C@@H](O)[C@H]4O)C2(CCN3C)CC1=O. The average Bonchev–Trinajstić information content (AvgIpc) is 3.12. The molecule has 1 saturated heterocycles. The van der Waals surface area contributed by atoms with Gasteiger partial charge in [-0.05, 0) is 26.1 Å². The van der Waals surface area contributed by atoms with Gasteiger partial charge in [0.05, 0.1) is 31.8 Å². The van der Waals surface area contributed by atoms with Gasteiger partial charge in [-0.3, -0.25) is 9.69 Å². The highest BCUT2D eigenvalue weighted by atomic mass is 35.5. The summed E-state index contributed by atoms with van der Waals surface area (Å²) >= 11 is 6.71. The van der Waals surface area contributed by atoms with E-state index in [1.165, 1.54) is 14.2 Å². The molecule has 25 heavy (non-hydrogen) atoms. The molecule has 2 unspecified atom stereocenters. The highest BCUT2D eigenvalue weighted by Crippen LogP contribution is 2.73. The van der Waals surface area contributed by atoms with Gasteiger partial charge in [0, 0.05) is 16.9 Å². The molecule has 4 rings (SSSR count). The smallest absolute Gasteiger partial charge is 0.202 e. The molecule has 6 nitrogen and oxygen atoms in total. The van der Waals surface area contributed by atoms with E-state index in [0.717, 1.165) is 0 Å². The first kappa shape index (κ1) is 17.1. The second-order valence-corrected chi connectivity index (χ2v) is 7.75. The van der Waals surface area contributed by atoms with E-state index >= 15 is 0 Å². The quantitative estimate of drug-likeness (QED) is 0.707. The monoisotopic (exact) mass is 367 g/mol. The molecule has 0 radical (unpaired) electrons. The summed E-state index contributed by atoms with van der Waals surface area (Å²) in [6, 6.07) is 0. The number of nitrogens with zero attached hydrogens (tertiary/aromatic N) is 1. The van der Waals surface area contributed by atoms with Crippen LogP contribution in [-0.2, 0) is 14.3 Å². The van der Waals surface area contributed by atoms with E-state index in [1.54, 1.807) is 12.2 Å². The van der Waals surface area contributed by atoms with Crippen LogP contribution in [0.25, 0.3) is 0 Å². The number of hydrogen-bond donors (Lipinski definition) is 2. The number of carbonyl (C=O) groups is 1. The number of Topliss-reactive ketones (excluding diaryl/α,β-unsaturated/α-hetero) is 1. The van der Waals surface area contributed by atoms with Gasteiger partial charge >= 0.3 is 0 Å². The Morgan fingerprint density at radius 1 is 1.32 bits per heavy atom. The van der Waals surface area contributed by atoms with Crippen LogP contribution in [0, 0.1) is 10.8 Å². The fourth-order valence-corrected chi connectivity index (χ4v) is 6.23. The maximum Gasteiger partial charge on any atom is 0.202 e. The molecule has 1 heterocycles. The van der Waals surface area contributed by atoms with Gasteiger partial charge in [0.25, 0.3) is 0 Å². The van der Waals surface area contributed by atoms with E-state index in [4.69, 9.17) is 21.1 Å². The molecule has 2 N–H and O–H groups in total. The minimum absolute atomic E-state index is 0.161. The van der Waals surface area contributed by atoms with Crippen molar-refractivity contribution in [3.63, 3.8) is 0 Å². The molecule has 0 amide bonds. The fraction of sp³-hybridized carbons (Fsp3) is 0.611. The van der Waals surface area contributed by atoms with Crippen molar-refractivity contribution in [1.29, 1.82) is 0 Å². The van der Waals surface area contributed by atoms with Crippen LogP contribution in [-0.4, -0.2) is 66.5 Å². The van der Waals surface area contributed by atoms with Crippen molar-refractivity contribution in [3.8, 4) is 0 Å². The molecular formula is C18H22ClNO5. The average molecular weight is 368 g/mol. The summed E-state index contributed by atoms with van der Waals surface area (Å²) in [7, 11) is 4.92. The Morgan fingerprint density at radius 3 is 2.60 bits per heavy atom. The Balaban J connectivity index is 2.06. The van der Waals surface area contributed by atoms with Gasteiger partial charge in [0.2, 0.25) is 11.5 Å². The van der Waals surface area contributed by atoms with Crippen molar-refractivity contribution in [2.24, 2.45) is 10.8 Å². The third-order valence-electron chi connectivity index (χ3n) is 6.75. The first-order chi connectivity index (χ1) is 11.8. The highest BCUT2D eigenvalue weighted by molar-refractivity contribution is 6.31. The number of allylic oxidation sites excluding steroid dienone is 1. The lowest BCUT2D eigenvalue weighted by molar-refractivity contribution is -0.133. The van der Waals surface area contributed by atoms with Crippen molar-refractivity contribution in [2.75, 3.05) is 27.8 Å². The van der Waals surface area contributed by atoms with Crippen LogP contribution in [0.2, 0.25) is 0 Å². The lowest BCUT2D eigenvalue weighted by Crippen LogP contribution is -2.62. The highest BCUT2D eigenvalue weighted by Gasteiger charge is 2.78. The fourth-order valence-electron chi connectivity index (χ4n) is 5.71. The second-order valence-electron chi connectivity index (χ2n) is 7.34. The lowest BCUT2D eigenvalue weighted by atomic mass is 9.52. The minimum Gasteiger partial charge on any atom is -0.495 e. The molecule has 0 aromatic carbocycles. The van der Waals surface area contributed by atoms with Crippen LogP contribution >= 0.6 is 11.6 Å². The van der Waals surface area contributed by atoms with Crippen LogP contribution in [0.3, 0.4) is 0 Å². The van der Waals surface area contributed by atoms with Gasteiger partial charge in [0.1, 0.15) is 5.54 Å². The van der Waals surface area contributed by atoms with E-state index in [-0.39, 0.29) is 18.0 Å². The molecule has 1 spiro atoms. The minimum atomic E-state index is -1.11. The van der Waals surface area contributed by atoms with E-state index in [0.29, 0.717) is 23.8 Å². The molecule has 136 valence electrons. The zero-order valence-electron chi connectivity index (χ0n) is 14.5. The summed E-state index contributed by atoms with van der Waals surface area (Å²) in [5.74, 6) is 0.441. The molecule has 0 aromatic heterocycles. The standard InChI is InChI=1S/C18H22ClNO5/c1-20-7-6-16-8-11(22)13(24-2)15(25-3)18(16,20)9-12(19)17(16)5-4-10(21)14(17)23/h4-5,9-10,14,21,23H,6-8H2,1-3H3/t10-,14-,16?,17?,18-/m1/s1. The van der Waals surface area contributed by atoms with E-state index in [2.05, 4.69) is 4.90 Å². The Hall–Kier alpha value is -1.34. The normalized spacial score (nSPS) is 45.8. The van der Waals surface area contributed by atoms with Crippen molar-refractivity contribution >= 4 is 17.4 Å². The number of aliphatic hydroxyl groups excluding tert-OH is 2. The molecule has 1 fully saturated rings. The number of carbonyl (C=O) groups excluding carboxylic acids is 1. The van der Waals surface area contributed by atoms with Gasteiger partial charge in [-0.15, -0.1) is 0 Å². The van der Waals surface area contributed by atoms with Gasteiger partial charge in [0.15, 0.2) is 5.76 Å². The van der Waals surface area contributed by atoms with E-state index in [1.807, 2.05) is 13.1 Å². The summed E-state index contributed by atoms with van der Waals surface area (Å²) in [6.45, 7) is 0.705. The van der Waals surface area contributed by atoms with Crippen LogP contribution in [0.1, 0.15) is 12.8 Å². The Morgan fingerprint density at radius 2 is 2.04 bits per heavy atom. The maximum absolute atomic E-state index is 12.9. The van der Waals surface area contributed by atoms with E-state index < -0.39 is 28.6 Å². The summed E-state index contributed by atoms with van der Waals surface area (Å²) in [6.07, 6.45) is 3.88. The number of methoxy groups -OCH3 is 2. The molecule has 3 aliphatic carbocycles. The number of aliphatic hydroxyl groups is 2. The number of likely N-dealkylation sites (N-methyl/N-ethyl adjacent to an activating group) is 1. The summed E-state index contributed by atoms with van der Waals surface area (Å²) in [4.78, 5) is 15.0. The predicted molar refractivity (Wildman–Crippen MR) is 90.6 cm³/mol. The first-order valence-corrected chi connectivity index (χ1v) is 8.71. The lowest BCUT2D eigenvalue weighted by Gasteiger charge is -2.54. The van der Waals surface area contributed by atoms with Crippen molar-refractivity contribution in [3.05, 3.63) is 34.8 Å². The molecule has 7 heteroatoms. The van der Waals surface area contributed by atoms with Crippen molar-refractivity contribution < 1.29 is 24.5 Å². The van der Waals surface area contributed by atoms with Gasteiger partial charge in [-0.2, -0.15) is 0 Å². The molecular weight excluding hydrogens is 346 g/mol. The van der Waals surface area contributed by atoms with Crippen LogP contribution < -0.4 is 0 Å². The maximum atomic E-state index is 12.9. The molecule has 4 aliphatic rings. The number of ketones is 1. The predicted octanol–water partition coefficient (Wildman–Crippen LogP) is 0.939. The molecule has 5 atom stereocenters. The number of halogens is 1. The van der Waals surface area contributed by atoms with Crippen LogP contribution in [0.15, 0.2) is 34.8 Å². The number of likely N-dealkylation sites (tertiary alicyclic amines) is 1. The molecule has 0 saturated carbocycles. The molecule has 1 aliphatic heterocycles. The Labute approximate surface area is 151 Å². The summed E-state index contributed by atoms with van der Waals surface area (Å²) in [5.41, 5.74) is -2.55.